The third kappa shape index (κ3) is 4.44. The Morgan fingerprint density at radius 3 is 2.47 bits per heavy atom. The summed E-state index contributed by atoms with van der Waals surface area (Å²) >= 11 is 12.0. The fourth-order valence-electron chi connectivity index (χ4n) is 1.63. The molecule has 0 aliphatic carbocycles. The lowest BCUT2D eigenvalue weighted by atomic mass is 9.93. The van der Waals surface area contributed by atoms with Crippen molar-refractivity contribution in [2.45, 2.75) is 32.6 Å². The first-order chi connectivity index (χ1) is 7.13. The van der Waals surface area contributed by atoms with Crippen molar-refractivity contribution in [3.63, 3.8) is 0 Å². The molecular weight excluding hydrogens is 227 g/mol. The molecule has 0 heterocycles. The summed E-state index contributed by atoms with van der Waals surface area (Å²) < 4.78 is 0. The first-order valence-electron chi connectivity index (χ1n) is 5.45. The van der Waals surface area contributed by atoms with Gasteiger partial charge in [0, 0.05) is 10.9 Å². The van der Waals surface area contributed by atoms with Gasteiger partial charge in [-0.3, -0.25) is 0 Å². The normalized spacial score (nSPS) is 13.1. The maximum atomic E-state index is 5.99. The van der Waals surface area contributed by atoms with E-state index < -0.39 is 0 Å². The molecule has 0 saturated heterocycles. The Morgan fingerprint density at radius 2 is 1.93 bits per heavy atom. The molecule has 0 fully saturated rings. The summed E-state index contributed by atoms with van der Waals surface area (Å²) in [5.41, 5.74) is 1.26. The zero-order chi connectivity index (χ0) is 11.3. The molecule has 1 rings (SSSR count). The molecule has 84 valence electrons. The molecule has 0 nitrogen and oxygen atoms in total. The van der Waals surface area contributed by atoms with E-state index in [1.165, 1.54) is 12.0 Å². The number of rotatable bonds is 5. The van der Waals surface area contributed by atoms with E-state index in [2.05, 4.69) is 19.9 Å². The van der Waals surface area contributed by atoms with Crippen LogP contribution < -0.4 is 0 Å². The maximum absolute atomic E-state index is 5.99. The van der Waals surface area contributed by atoms with E-state index in [-0.39, 0.29) is 0 Å². The predicted molar refractivity (Wildman–Crippen MR) is 69.0 cm³/mol. The van der Waals surface area contributed by atoms with Crippen molar-refractivity contribution in [1.29, 1.82) is 0 Å². The van der Waals surface area contributed by atoms with Gasteiger partial charge in [-0.25, -0.2) is 0 Å². The Balaban J connectivity index is 2.65. The second-order valence-corrected chi connectivity index (χ2v) is 5.12. The number of benzene rings is 1. The Bertz CT molecular complexity index is 294. The quantitative estimate of drug-likeness (QED) is 0.633. The smallest absolute Gasteiger partial charge is 0.0408 e. The first kappa shape index (κ1) is 12.9. The minimum absolute atomic E-state index is 0.438. The summed E-state index contributed by atoms with van der Waals surface area (Å²) in [6, 6.07) is 8.03. The van der Waals surface area contributed by atoms with Crippen LogP contribution in [0.2, 0.25) is 5.02 Å². The summed E-state index contributed by atoms with van der Waals surface area (Å²) in [6.45, 7) is 4.48. The van der Waals surface area contributed by atoms with Crippen molar-refractivity contribution in [2.75, 3.05) is 5.88 Å². The van der Waals surface area contributed by atoms with Crippen LogP contribution in [-0.4, -0.2) is 5.88 Å². The molecular formula is C13H18Cl2. The van der Waals surface area contributed by atoms with Crippen LogP contribution in [-0.2, 0) is 0 Å². The minimum atomic E-state index is 0.438. The number of halogens is 2. The number of hydrogen-bond donors (Lipinski definition) is 0. The molecule has 1 unspecified atom stereocenters. The number of alkyl halides is 1. The zero-order valence-electron chi connectivity index (χ0n) is 9.34. The van der Waals surface area contributed by atoms with Gasteiger partial charge >= 0.3 is 0 Å². The van der Waals surface area contributed by atoms with E-state index in [1.54, 1.807) is 0 Å². The third-order valence-corrected chi connectivity index (χ3v) is 3.21. The van der Waals surface area contributed by atoms with Crippen LogP contribution in [0, 0.1) is 5.92 Å². The first-order valence-corrected chi connectivity index (χ1v) is 6.36. The summed E-state index contributed by atoms with van der Waals surface area (Å²) in [5.74, 6) is 1.84. The van der Waals surface area contributed by atoms with Gasteiger partial charge in [0.05, 0.1) is 0 Å². The summed E-state index contributed by atoms with van der Waals surface area (Å²) in [6.07, 6.45) is 2.35. The average Bonchev–Trinajstić information content (AvgIpc) is 2.18. The van der Waals surface area contributed by atoms with E-state index in [1.807, 2.05) is 18.2 Å². The monoisotopic (exact) mass is 244 g/mol. The highest BCUT2D eigenvalue weighted by atomic mass is 35.5. The second-order valence-electron chi connectivity index (χ2n) is 4.38. The van der Waals surface area contributed by atoms with Crippen LogP contribution in [0.15, 0.2) is 24.3 Å². The van der Waals surface area contributed by atoms with Crippen molar-refractivity contribution in [3.05, 3.63) is 34.9 Å². The predicted octanol–water partition coefficient (Wildman–Crippen LogP) is 5.10. The molecule has 0 bridgehead atoms. The van der Waals surface area contributed by atoms with Gasteiger partial charge in [0.2, 0.25) is 0 Å². The standard InChI is InChI=1S/C13H18Cl2/c1-10(2)6-7-12(9-14)11-4-3-5-13(15)8-11/h3-5,8,10,12H,6-7,9H2,1-2H3. The SMILES string of the molecule is CC(C)CCC(CCl)c1cccc(Cl)c1. The van der Waals surface area contributed by atoms with Crippen molar-refractivity contribution >= 4 is 23.2 Å². The van der Waals surface area contributed by atoms with Crippen LogP contribution in [0.25, 0.3) is 0 Å². The van der Waals surface area contributed by atoms with Gasteiger partial charge in [0.15, 0.2) is 0 Å². The fourth-order valence-corrected chi connectivity index (χ4v) is 2.16. The Kier molecular flexibility index (Phi) is 5.49. The van der Waals surface area contributed by atoms with E-state index in [0.717, 1.165) is 17.4 Å². The molecule has 15 heavy (non-hydrogen) atoms. The lowest BCUT2D eigenvalue weighted by Crippen LogP contribution is -2.02. The van der Waals surface area contributed by atoms with Gasteiger partial charge in [-0.1, -0.05) is 44.0 Å². The van der Waals surface area contributed by atoms with Crippen molar-refractivity contribution in [3.8, 4) is 0 Å². The Hall–Kier alpha value is -0.200. The summed E-state index contributed by atoms with van der Waals surface area (Å²) in [5, 5.41) is 0.798. The molecule has 0 aliphatic heterocycles. The van der Waals surface area contributed by atoms with Crippen LogP contribution >= 0.6 is 23.2 Å². The van der Waals surface area contributed by atoms with Crippen molar-refractivity contribution in [2.24, 2.45) is 5.92 Å². The molecule has 0 saturated carbocycles. The van der Waals surface area contributed by atoms with E-state index in [4.69, 9.17) is 23.2 Å². The number of hydrogen-bond acceptors (Lipinski definition) is 0. The molecule has 0 amide bonds. The van der Waals surface area contributed by atoms with E-state index in [0.29, 0.717) is 11.8 Å². The van der Waals surface area contributed by atoms with E-state index >= 15 is 0 Å². The minimum Gasteiger partial charge on any atom is -0.126 e. The maximum Gasteiger partial charge on any atom is 0.0408 e. The molecule has 0 aliphatic rings. The molecule has 1 atom stereocenters. The van der Waals surface area contributed by atoms with Crippen LogP contribution in [0.5, 0.6) is 0 Å². The lowest BCUT2D eigenvalue weighted by Gasteiger charge is -2.15. The summed E-state index contributed by atoms with van der Waals surface area (Å²) in [7, 11) is 0. The molecule has 0 aromatic heterocycles. The fraction of sp³-hybridized carbons (Fsp3) is 0.538. The van der Waals surface area contributed by atoms with Gasteiger partial charge in [-0.2, -0.15) is 0 Å². The van der Waals surface area contributed by atoms with Gasteiger partial charge in [0.1, 0.15) is 0 Å². The molecule has 0 radical (unpaired) electrons. The Morgan fingerprint density at radius 1 is 1.20 bits per heavy atom. The molecule has 2 heteroatoms. The largest absolute Gasteiger partial charge is 0.126 e. The molecule has 0 N–H and O–H groups in total. The van der Waals surface area contributed by atoms with Crippen LogP contribution in [0.4, 0.5) is 0 Å². The van der Waals surface area contributed by atoms with Crippen molar-refractivity contribution in [1.82, 2.24) is 0 Å². The van der Waals surface area contributed by atoms with Crippen molar-refractivity contribution < 1.29 is 0 Å². The third-order valence-electron chi connectivity index (χ3n) is 2.60. The van der Waals surface area contributed by atoms with Crippen LogP contribution in [0.3, 0.4) is 0 Å². The zero-order valence-corrected chi connectivity index (χ0v) is 10.9. The summed E-state index contributed by atoms with van der Waals surface area (Å²) in [4.78, 5) is 0. The Labute approximate surface area is 103 Å². The molecule has 0 spiro atoms. The van der Waals surface area contributed by atoms with Gasteiger partial charge < -0.3 is 0 Å². The van der Waals surface area contributed by atoms with Crippen LogP contribution in [0.1, 0.15) is 38.2 Å². The highest BCUT2D eigenvalue weighted by Gasteiger charge is 2.11. The van der Waals surface area contributed by atoms with Gasteiger partial charge in [-0.05, 0) is 36.0 Å². The highest BCUT2D eigenvalue weighted by molar-refractivity contribution is 6.30. The molecule has 1 aromatic rings. The second kappa shape index (κ2) is 6.40. The van der Waals surface area contributed by atoms with E-state index in [9.17, 15) is 0 Å². The van der Waals surface area contributed by atoms with Gasteiger partial charge in [0.25, 0.3) is 0 Å². The average molecular weight is 245 g/mol. The topological polar surface area (TPSA) is 0 Å². The lowest BCUT2D eigenvalue weighted by molar-refractivity contribution is 0.519. The highest BCUT2D eigenvalue weighted by Crippen LogP contribution is 2.26. The molecule has 1 aromatic carbocycles. The van der Waals surface area contributed by atoms with Gasteiger partial charge in [-0.15, -0.1) is 11.6 Å².